The molecule has 2 rings (SSSR count). The first-order chi connectivity index (χ1) is 7.37. The Morgan fingerprint density at radius 3 is 2.69 bits per heavy atom. The predicted octanol–water partition coefficient (Wildman–Crippen LogP) is 1.97. The molecular formula is C9H6F3NO3. The van der Waals surface area contributed by atoms with Crippen molar-refractivity contribution in [2.24, 2.45) is 0 Å². The fourth-order valence-electron chi connectivity index (χ4n) is 1.39. The fraction of sp³-hybridized carbons (Fsp3) is 0.222. The van der Waals surface area contributed by atoms with E-state index in [2.05, 4.69) is 9.47 Å². The fourth-order valence-corrected chi connectivity index (χ4v) is 1.39. The van der Waals surface area contributed by atoms with Crippen molar-refractivity contribution in [3.05, 3.63) is 29.3 Å². The van der Waals surface area contributed by atoms with Gasteiger partial charge in [0.05, 0.1) is 5.56 Å². The molecule has 0 aliphatic carbocycles. The summed E-state index contributed by atoms with van der Waals surface area (Å²) in [4.78, 5) is 11.2. The van der Waals surface area contributed by atoms with Crippen LogP contribution in [-0.2, 0) is 9.47 Å². The molecule has 0 bridgehead atoms. The average molecular weight is 233 g/mol. The molecule has 86 valence electrons. The summed E-state index contributed by atoms with van der Waals surface area (Å²) < 4.78 is 44.0. The molecule has 0 spiro atoms. The molecule has 1 aliphatic heterocycles. The van der Waals surface area contributed by atoms with Crippen molar-refractivity contribution in [2.45, 2.75) is 12.7 Å². The molecule has 0 radical (unpaired) electrons. The largest absolute Gasteiger partial charge is 0.525 e. The number of benzene rings is 1. The molecule has 1 atom stereocenters. The monoisotopic (exact) mass is 233 g/mol. The number of hydrogen-bond donors (Lipinski definition) is 1. The quantitative estimate of drug-likeness (QED) is 0.595. The molecule has 16 heavy (non-hydrogen) atoms. The molecule has 0 saturated carbocycles. The number of hydrogen-bond acceptors (Lipinski definition) is 4. The zero-order valence-electron chi connectivity index (χ0n) is 7.75. The Bertz CT molecular complexity index is 444. The summed E-state index contributed by atoms with van der Waals surface area (Å²) >= 11 is 0. The molecule has 2 N–H and O–H groups in total. The standard InChI is InChI=1S/C9H6F3NO3/c10-9(11,12)16-8-5-2-1-4(13)3-6(5)7(14)15-8/h1-3,8H,13H2. The summed E-state index contributed by atoms with van der Waals surface area (Å²) in [7, 11) is 0. The van der Waals surface area contributed by atoms with Crippen LogP contribution in [0.2, 0.25) is 0 Å². The highest BCUT2D eigenvalue weighted by atomic mass is 19.4. The van der Waals surface area contributed by atoms with Gasteiger partial charge in [-0.2, -0.15) is 0 Å². The Labute approximate surface area is 87.7 Å². The van der Waals surface area contributed by atoms with Gasteiger partial charge in [0.1, 0.15) is 0 Å². The van der Waals surface area contributed by atoms with Gasteiger partial charge in [-0.1, -0.05) is 0 Å². The van der Waals surface area contributed by atoms with E-state index in [4.69, 9.17) is 5.73 Å². The lowest BCUT2D eigenvalue weighted by atomic mass is 10.1. The third kappa shape index (κ3) is 1.94. The van der Waals surface area contributed by atoms with Gasteiger partial charge in [0, 0.05) is 11.3 Å². The first kappa shape index (κ1) is 10.7. The van der Waals surface area contributed by atoms with E-state index in [0.29, 0.717) is 0 Å². The molecule has 1 aliphatic rings. The average Bonchev–Trinajstić information content (AvgIpc) is 2.40. The number of rotatable bonds is 1. The number of carbonyl (C=O) groups excluding carboxylic acids is 1. The Balaban J connectivity index is 2.33. The van der Waals surface area contributed by atoms with Crippen molar-refractivity contribution in [1.82, 2.24) is 0 Å². The highest BCUT2D eigenvalue weighted by molar-refractivity contribution is 5.94. The molecule has 1 unspecified atom stereocenters. The molecule has 0 aromatic heterocycles. The van der Waals surface area contributed by atoms with E-state index in [9.17, 15) is 18.0 Å². The van der Waals surface area contributed by atoms with Crippen LogP contribution >= 0.6 is 0 Å². The molecule has 0 amide bonds. The lowest BCUT2D eigenvalue weighted by Gasteiger charge is -2.13. The first-order valence-corrected chi connectivity index (χ1v) is 4.22. The van der Waals surface area contributed by atoms with Crippen LogP contribution in [0.4, 0.5) is 18.9 Å². The maximum Gasteiger partial charge on any atom is 0.525 e. The number of ether oxygens (including phenoxy) is 2. The van der Waals surface area contributed by atoms with E-state index < -0.39 is 18.6 Å². The van der Waals surface area contributed by atoms with Crippen molar-refractivity contribution in [1.29, 1.82) is 0 Å². The Kier molecular flexibility index (Phi) is 2.27. The lowest BCUT2D eigenvalue weighted by molar-refractivity contribution is -0.372. The van der Waals surface area contributed by atoms with Crippen molar-refractivity contribution in [2.75, 3.05) is 5.73 Å². The minimum atomic E-state index is -4.87. The van der Waals surface area contributed by atoms with E-state index in [1.165, 1.54) is 18.2 Å². The molecule has 4 nitrogen and oxygen atoms in total. The van der Waals surface area contributed by atoms with E-state index in [1.54, 1.807) is 0 Å². The summed E-state index contributed by atoms with van der Waals surface area (Å²) in [5.74, 6) is -0.878. The van der Waals surface area contributed by atoms with Crippen molar-refractivity contribution in [3.63, 3.8) is 0 Å². The van der Waals surface area contributed by atoms with Crippen LogP contribution in [0, 0.1) is 0 Å². The van der Waals surface area contributed by atoms with E-state index >= 15 is 0 Å². The van der Waals surface area contributed by atoms with Gasteiger partial charge in [0.25, 0.3) is 0 Å². The van der Waals surface area contributed by atoms with Crippen LogP contribution in [-0.4, -0.2) is 12.3 Å². The molecule has 1 aromatic carbocycles. The predicted molar refractivity (Wildman–Crippen MR) is 46.2 cm³/mol. The minimum Gasteiger partial charge on any atom is -0.427 e. The van der Waals surface area contributed by atoms with Crippen molar-refractivity contribution < 1.29 is 27.4 Å². The van der Waals surface area contributed by atoms with Gasteiger partial charge < -0.3 is 10.5 Å². The van der Waals surface area contributed by atoms with Gasteiger partial charge in [-0.3, -0.25) is 0 Å². The summed E-state index contributed by atoms with van der Waals surface area (Å²) in [5, 5.41) is 0. The summed E-state index contributed by atoms with van der Waals surface area (Å²) in [5.41, 5.74) is 5.68. The molecule has 0 saturated heterocycles. The minimum absolute atomic E-state index is 0.00532. The molecule has 7 heteroatoms. The van der Waals surface area contributed by atoms with E-state index in [1.807, 2.05) is 0 Å². The third-order valence-corrected chi connectivity index (χ3v) is 2.01. The molecular weight excluding hydrogens is 227 g/mol. The molecule has 1 aromatic rings. The van der Waals surface area contributed by atoms with Crippen LogP contribution in [0.3, 0.4) is 0 Å². The smallest absolute Gasteiger partial charge is 0.427 e. The Hall–Kier alpha value is -1.76. The SMILES string of the molecule is Nc1ccc2c(c1)C(=O)OC2OC(F)(F)F. The number of anilines is 1. The number of fused-ring (bicyclic) bond motifs is 1. The van der Waals surface area contributed by atoms with Crippen LogP contribution < -0.4 is 5.73 Å². The number of cyclic esters (lactones) is 1. The lowest BCUT2D eigenvalue weighted by Crippen LogP contribution is -2.18. The number of alkyl halides is 3. The van der Waals surface area contributed by atoms with Gasteiger partial charge in [-0.05, 0) is 18.2 Å². The summed E-state index contributed by atoms with van der Waals surface area (Å²) in [6, 6.07) is 3.89. The van der Waals surface area contributed by atoms with Crippen molar-refractivity contribution >= 4 is 11.7 Å². The molecule has 1 heterocycles. The summed E-state index contributed by atoms with van der Waals surface area (Å²) in [6.45, 7) is 0. The second-order valence-corrected chi connectivity index (χ2v) is 3.15. The van der Waals surface area contributed by atoms with Crippen LogP contribution in [0.25, 0.3) is 0 Å². The maximum atomic E-state index is 12.0. The third-order valence-electron chi connectivity index (χ3n) is 2.01. The second-order valence-electron chi connectivity index (χ2n) is 3.15. The number of nitrogens with two attached hydrogens (primary N) is 1. The zero-order valence-corrected chi connectivity index (χ0v) is 7.75. The second kappa shape index (κ2) is 3.38. The number of esters is 1. The van der Waals surface area contributed by atoms with Gasteiger partial charge in [-0.25, -0.2) is 9.53 Å². The first-order valence-electron chi connectivity index (χ1n) is 4.22. The van der Waals surface area contributed by atoms with Crippen LogP contribution in [0.5, 0.6) is 0 Å². The number of halogens is 3. The van der Waals surface area contributed by atoms with E-state index in [-0.39, 0.29) is 16.8 Å². The van der Waals surface area contributed by atoms with Crippen molar-refractivity contribution in [3.8, 4) is 0 Å². The maximum absolute atomic E-state index is 12.0. The normalized spacial score (nSPS) is 19.4. The molecule has 0 fully saturated rings. The summed E-state index contributed by atoms with van der Waals surface area (Å²) in [6.07, 6.45) is -6.61. The highest BCUT2D eigenvalue weighted by Gasteiger charge is 2.41. The topological polar surface area (TPSA) is 61.6 Å². The highest BCUT2D eigenvalue weighted by Crippen LogP contribution is 2.36. The Morgan fingerprint density at radius 2 is 2.06 bits per heavy atom. The van der Waals surface area contributed by atoms with Gasteiger partial charge in [0.15, 0.2) is 0 Å². The zero-order chi connectivity index (χ0) is 11.9. The van der Waals surface area contributed by atoms with Gasteiger partial charge in [0.2, 0.25) is 6.29 Å². The number of carbonyl (C=O) groups is 1. The number of nitrogen functional groups attached to an aromatic ring is 1. The van der Waals surface area contributed by atoms with Crippen LogP contribution in [0.1, 0.15) is 22.2 Å². The van der Waals surface area contributed by atoms with Gasteiger partial charge >= 0.3 is 12.3 Å². The van der Waals surface area contributed by atoms with Gasteiger partial charge in [-0.15, -0.1) is 13.2 Å². The van der Waals surface area contributed by atoms with E-state index in [0.717, 1.165) is 0 Å². The Morgan fingerprint density at radius 1 is 1.38 bits per heavy atom. The van der Waals surface area contributed by atoms with Crippen LogP contribution in [0.15, 0.2) is 18.2 Å².